The van der Waals surface area contributed by atoms with Crippen molar-refractivity contribution in [3.05, 3.63) is 0 Å². The minimum Gasteiger partial charge on any atom is -0.387 e. The van der Waals surface area contributed by atoms with Crippen LogP contribution in [0.1, 0.15) is 6.92 Å². The molecule has 0 aromatic carbocycles. The summed E-state index contributed by atoms with van der Waals surface area (Å²) in [7, 11) is -43.3. The fourth-order valence-electron chi connectivity index (χ4n) is 3.66. The molecule has 1 aliphatic heterocycles. The van der Waals surface area contributed by atoms with E-state index in [4.69, 9.17) is 13.7 Å². The van der Waals surface area contributed by atoms with Crippen LogP contribution in [0, 0.1) is 0 Å². The van der Waals surface area contributed by atoms with Gasteiger partial charge < -0.3 is 9.84 Å². The van der Waals surface area contributed by atoms with Crippen molar-refractivity contribution in [1.82, 2.24) is 0 Å². The Hall–Kier alpha value is -0.990. The lowest BCUT2D eigenvalue weighted by Gasteiger charge is -2.53. The van der Waals surface area contributed by atoms with E-state index in [0.717, 1.165) is 0 Å². The number of aliphatic hydroxyl groups excluding tert-OH is 1. The maximum absolute atomic E-state index is 12.0. The van der Waals surface area contributed by atoms with E-state index in [1.54, 1.807) is 0 Å². The van der Waals surface area contributed by atoms with Crippen LogP contribution in [-0.2, 0) is 107 Å². The van der Waals surface area contributed by atoms with Gasteiger partial charge >= 0.3 is 72.8 Å². The average Bonchev–Trinajstić information content (AvgIpc) is 2.74. The Kier molecular flexibility index (Phi) is 13.8. The number of aliphatic hydroxyl groups is 1. The van der Waals surface area contributed by atoms with E-state index >= 15 is 0 Å². The van der Waals surface area contributed by atoms with Gasteiger partial charge in [-0.15, -0.1) is 0 Å². The fourth-order valence-corrected chi connectivity index (χ4v) is 7.05. The van der Waals surface area contributed by atoms with Crippen molar-refractivity contribution in [3.63, 3.8) is 0 Å². The van der Waals surface area contributed by atoms with Crippen molar-refractivity contribution >= 4 is 72.8 Å². The number of hydrogen-bond acceptors (Lipinski definition) is 23. The zero-order valence-electron chi connectivity index (χ0n) is 21.7. The minimum atomic E-state index is -6.58. The van der Waals surface area contributed by atoms with Gasteiger partial charge in [0, 0.05) is 0 Å². The molecule has 1 fully saturated rings. The van der Waals surface area contributed by atoms with Gasteiger partial charge in [-0.25, -0.2) is 29.3 Å². The zero-order chi connectivity index (χ0) is 37.4. The average molecular weight is 845 g/mol. The first kappa shape index (κ1) is 44.0. The number of rotatable bonds is 18. The number of hydrogen-bond donors (Lipinski definition) is 8. The van der Waals surface area contributed by atoms with Gasteiger partial charge in [-0.1, -0.05) is 0 Å². The summed E-state index contributed by atoms with van der Waals surface area (Å²) in [5.41, 5.74) is -4.66. The van der Waals surface area contributed by atoms with Gasteiger partial charge in [0.2, 0.25) is 6.29 Å². The third kappa shape index (κ3) is 15.2. The Morgan fingerprint density at radius 2 is 1.06 bits per heavy atom. The van der Waals surface area contributed by atoms with Crippen LogP contribution in [0.5, 0.6) is 0 Å². The molecule has 0 radical (unpaired) electrons. The van der Waals surface area contributed by atoms with Gasteiger partial charge in [-0.3, -0.25) is 31.9 Å². The highest BCUT2D eigenvalue weighted by atomic mass is 32.3. The number of ether oxygens (including phenoxy) is 1. The maximum atomic E-state index is 12.0. The van der Waals surface area contributed by atoms with Gasteiger partial charge in [0.05, 0.1) is 6.61 Å². The van der Waals surface area contributed by atoms with Gasteiger partial charge in [0.1, 0.15) is 30.5 Å². The first-order valence-electron chi connectivity index (χ1n) is 10.4. The molecular formula is C10H20O30S7. The third-order valence-corrected chi connectivity index (χ3v) is 8.14. The Morgan fingerprint density at radius 1 is 0.617 bits per heavy atom. The molecule has 0 amide bonds. The highest BCUT2D eigenvalue weighted by Gasteiger charge is 2.69. The van der Waals surface area contributed by atoms with Crippen LogP contribution in [0.4, 0.5) is 0 Å². The van der Waals surface area contributed by atoms with Crippen LogP contribution in [-0.4, -0.2) is 151 Å². The van der Waals surface area contributed by atoms with Crippen molar-refractivity contribution in [3.8, 4) is 0 Å². The molecule has 1 heterocycles. The summed E-state index contributed by atoms with van der Waals surface area (Å²) in [5.74, 6) is 0. The normalized spacial score (nSPS) is 27.6. The van der Waals surface area contributed by atoms with Gasteiger partial charge in [0.25, 0.3) is 0 Å². The molecule has 3 unspecified atom stereocenters. The van der Waals surface area contributed by atoms with Crippen LogP contribution in [0.3, 0.4) is 0 Å². The highest BCUT2D eigenvalue weighted by Crippen LogP contribution is 2.44. The van der Waals surface area contributed by atoms with E-state index in [1.165, 1.54) is 0 Å². The lowest BCUT2D eigenvalue weighted by atomic mass is 9.77. The molecule has 47 heavy (non-hydrogen) atoms. The summed E-state index contributed by atoms with van der Waals surface area (Å²) < 4.78 is 258. The topological polar surface area (TPSA) is 475 Å². The van der Waals surface area contributed by atoms with Crippen molar-refractivity contribution < 1.29 is 130 Å². The van der Waals surface area contributed by atoms with E-state index in [0.29, 0.717) is 0 Å². The first-order valence-corrected chi connectivity index (χ1v) is 19.9. The quantitative estimate of drug-likeness (QED) is 0.0595. The molecule has 1 saturated heterocycles. The van der Waals surface area contributed by atoms with Crippen LogP contribution >= 0.6 is 0 Å². The Labute approximate surface area is 264 Å². The van der Waals surface area contributed by atoms with Crippen LogP contribution in [0.2, 0.25) is 0 Å². The molecule has 8 atom stereocenters. The van der Waals surface area contributed by atoms with E-state index in [9.17, 15) is 82.2 Å². The summed E-state index contributed by atoms with van der Waals surface area (Å²) in [6.45, 7) is -2.04. The summed E-state index contributed by atoms with van der Waals surface area (Å²) >= 11 is 0. The molecule has 0 bridgehead atoms. The van der Waals surface area contributed by atoms with Crippen molar-refractivity contribution in [2.24, 2.45) is 0 Å². The molecule has 37 heteroatoms. The minimum absolute atomic E-state index is 0.246. The first-order chi connectivity index (χ1) is 20.4. The molecule has 8 N–H and O–H groups in total. The zero-order valence-corrected chi connectivity index (χ0v) is 27.4. The van der Waals surface area contributed by atoms with Gasteiger partial charge in [0.15, 0.2) is 11.7 Å². The summed E-state index contributed by atoms with van der Waals surface area (Å²) in [4.78, 5) is 0. The molecule has 30 nitrogen and oxygen atoms in total. The standard InChI is InChI=1S/C10H20O30S7/c1-3(35-42(15,16)17)5(36-43(18,19)20)7(11)10(40-47(30,31)32)4(2-33-41(12,13)14)34-9(39-46(27,28)29)6(37-44(21,22)23)8(10)38-45(24,25)26/h3-9,11H,2H2,1H3,(H,12,13,14)(H,15,16,17)(H,18,19,20)(H,21,22,23)(H,24,25,26)(H,27,28,29)(H,30,31,32)/t3?,4-,5?,6-,7?,8-,9-,10+/m1/s1. The third-order valence-electron chi connectivity index (χ3n) is 4.85. The molecule has 1 aliphatic rings. The van der Waals surface area contributed by atoms with Crippen LogP contribution in [0.25, 0.3) is 0 Å². The second-order valence-electron chi connectivity index (χ2n) is 8.19. The molecular weight excluding hydrogens is 825 g/mol. The molecule has 0 spiro atoms. The fraction of sp³-hybridized carbons (Fsp3) is 1.00. The van der Waals surface area contributed by atoms with E-state index in [1.807, 2.05) is 0 Å². The molecule has 1 rings (SSSR count). The summed E-state index contributed by atoms with van der Waals surface area (Å²) in [5, 5.41) is 11.2. The molecule has 282 valence electrons. The summed E-state index contributed by atoms with van der Waals surface area (Å²) in [6, 6.07) is 0. The monoisotopic (exact) mass is 844 g/mol. The van der Waals surface area contributed by atoms with Gasteiger partial charge in [-0.2, -0.15) is 58.9 Å². The highest BCUT2D eigenvalue weighted by molar-refractivity contribution is 7.82. The maximum Gasteiger partial charge on any atom is 0.399 e. The Morgan fingerprint density at radius 3 is 1.43 bits per heavy atom. The Balaban J connectivity index is 4.54. The summed E-state index contributed by atoms with van der Waals surface area (Å²) in [6.07, 6.45) is -25.0. The van der Waals surface area contributed by atoms with Gasteiger partial charge in [-0.05, 0) is 6.92 Å². The SMILES string of the molecule is CC(OS(=O)(=O)O)C(OS(=O)(=O)O)C(O)[C@]1(OS(=O)(=O)O)[C@H](OS(=O)(=O)O)[C@@H](OS(=O)(=O)O)[C@@H](OS(=O)(=O)O)O[C@@H]1COS(=O)(=O)O. The molecule has 0 saturated carbocycles. The largest absolute Gasteiger partial charge is 0.399 e. The predicted molar refractivity (Wildman–Crippen MR) is 132 cm³/mol. The molecule has 0 aliphatic carbocycles. The van der Waals surface area contributed by atoms with Crippen LogP contribution < -0.4 is 0 Å². The van der Waals surface area contributed by atoms with Crippen molar-refractivity contribution in [2.75, 3.05) is 6.61 Å². The predicted octanol–water partition coefficient (Wildman–Crippen LogP) is -5.96. The smallest absolute Gasteiger partial charge is 0.387 e. The van der Waals surface area contributed by atoms with E-state index < -0.39 is 128 Å². The van der Waals surface area contributed by atoms with E-state index in [2.05, 4.69) is 34.0 Å². The van der Waals surface area contributed by atoms with E-state index in [-0.39, 0.29) is 6.92 Å². The Bertz CT molecular complexity index is 1890. The lowest BCUT2D eigenvalue weighted by Crippen LogP contribution is -2.77. The van der Waals surface area contributed by atoms with Crippen LogP contribution in [0.15, 0.2) is 0 Å². The lowest BCUT2D eigenvalue weighted by molar-refractivity contribution is -0.321. The second kappa shape index (κ2) is 14.7. The molecule has 0 aromatic heterocycles. The van der Waals surface area contributed by atoms with Crippen molar-refractivity contribution in [2.45, 2.75) is 55.4 Å². The van der Waals surface area contributed by atoms with Crippen molar-refractivity contribution in [1.29, 1.82) is 0 Å². The second-order valence-corrected chi connectivity index (χ2v) is 15.5. The molecule has 0 aromatic rings.